The number of nitrogens with zero attached hydrogens (tertiary/aromatic N) is 2. The summed E-state index contributed by atoms with van der Waals surface area (Å²) >= 11 is 0. The first-order valence-electron chi connectivity index (χ1n) is 6.18. The van der Waals surface area contributed by atoms with Gasteiger partial charge in [0.25, 0.3) is 0 Å². The molecular formula is C15H14N2O2. The molecule has 0 amide bonds. The van der Waals surface area contributed by atoms with Crippen LogP contribution >= 0.6 is 0 Å². The normalized spacial score (nSPS) is 11.0. The van der Waals surface area contributed by atoms with Gasteiger partial charge in [-0.1, -0.05) is 12.1 Å². The first-order chi connectivity index (χ1) is 9.20. The van der Waals surface area contributed by atoms with Gasteiger partial charge >= 0.3 is 0 Å². The summed E-state index contributed by atoms with van der Waals surface area (Å²) in [4.78, 5) is 4.55. The van der Waals surface area contributed by atoms with E-state index in [-0.39, 0.29) is 11.5 Å². The number of hydrogen-bond acceptors (Lipinski definition) is 3. The molecule has 0 atom stereocenters. The Morgan fingerprint density at radius 2 is 1.89 bits per heavy atom. The second kappa shape index (κ2) is 4.31. The molecule has 0 radical (unpaired) electrons. The maximum absolute atomic E-state index is 9.97. The summed E-state index contributed by atoms with van der Waals surface area (Å²) < 4.78 is 2.02. The van der Waals surface area contributed by atoms with Gasteiger partial charge in [0.2, 0.25) is 0 Å². The van der Waals surface area contributed by atoms with Crippen molar-refractivity contribution in [1.82, 2.24) is 9.55 Å². The van der Waals surface area contributed by atoms with Crippen LogP contribution in [0.4, 0.5) is 0 Å². The molecule has 0 fully saturated rings. The van der Waals surface area contributed by atoms with E-state index < -0.39 is 0 Å². The van der Waals surface area contributed by atoms with Crippen molar-refractivity contribution < 1.29 is 10.2 Å². The van der Waals surface area contributed by atoms with E-state index in [0.29, 0.717) is 11.4 Å². The predicted molar refractivity (Wildman–Crippen MR) is 74.2 cm³/mol. The van der Waals surface area contributed by atoms with Gasteiger partial charge in [-0.05, 0) is 37.3 Å². The van der Waals surface area contributed by atoms with Gasteiger partial charge in [0.15, 0.2) is 0 Å². The van der Waals surface area contributed by atoms with Crippen molar-refractivity contribution in [2.75, 3.05) is 0 Å². The Morgan fingerprint density at radius 1 is 1.11 bits per heavy atom. The lowest BCUT2D eigenvalue weighted by Crippen LogP contribution is -1.97. The average Bonchev–Trinajstić information content (AvgIpc) is 2.79. The van der Waals surface area contributed by atoms with Gasteiger partial charge in [0.1, 0.15) is 17.3 Å². The zero-order valence-corrected chi connectivity index (χ0v) is 10.5. The number of rotatable bonds is 2. The number of benzene rings is 2. The van der Waals surface area contributed by atoms with E-state index in [4.69, 9.17) is 0 Å². The molecular weight excluding hydrogens is 240 g/mol. The number of aromatic nitrogens is 2. The van der Waals surface area contributed by atoms with Gasteiger partial charge in [-0.25, -0.2) is 4.98 Å². The first kappa shape index (κ1) is 11.6. The van der Waals surface area contributed by atoms with Gasteiger partial charge < -0.3 is 14.8 Å². The summed E-state index contributed by atoms with van der Waals surface area (Å²) in [5.41, 5.74) is 2.43. The number of imidazole rings is 1. The minimum Gasteiger partial charge on any atom is -0.508 e. The van der Waals surface area contributed by atoms with Crippen molar-refractivity contribution in [3.8, 4) is 22.9 Å². The van der Waals surface area contributed by atoms with Gasteiger partial charge in [-0.15, -0.1) is 0 Å². The van der Waals surface area contributed by atoms with Gasteiger partial charge in [-0.3, -0.25) is 0 Å². The third kappa shape index (κ3) is 1.81. The molecule has 1 aromatic heterocycles. The van der Waals surface area contributed by atoms with Crippen LogP contribution in [0.2, 0.25) is 0 Å². The smallest absolute Gasteiger partial charge is 0.145 e. The Kier molecular flexibility index (Phi) is 2.63. The Labute approximate surface area is 110 Å². The van der Waals surface area contributed by atoms with Gasteiger partial charge in [0, 0.05) is 6.54 Å². The van der Waals surface area contributed by atoms with Gasteiger partial charge in [0.05, 0.1) is 16.6 Å². The summed E-state index contributed by atoms with van der Waals surface area (Å²) in [5, 5.41) is 19.6. The zero-order valence-electron chi connectivity index (χ0n) is 10.5. The number of aromatic hydroxyl groups is 2. The van der Waals surface area contributed by atoms with Crippen molar-refractivity contribution in [2.24, 2.45) is 0 Å². The molecule has 4 nitrogen and oxygen atoms in total. The minimum absolute atomic E-state index is 0.113. The molecule has 0 bridgehead atoms. The van der Waals surface area contributed by atoms with Crippen LogP contribution in [0.25, 0.3) is 22.4 Å². The Hall–Kier alpha value is -2.49. The van der Waals surface area contributed by atoms with Crippen LogP contribution in [0.5, 0.6) is 11.5 Å². The monoisotopic (exact) mass is 254 g/mol. The van der Waals surface area contributed by atoms with E-state index in [2.05, 4.69) is 4.98 Å². The minimum atomic E-state index is 0.113. The standard InChI is InChI=1S/C15H14N2O2/c1-2-17-13-6-4-3-5-12(13)16-15(17)11-9-10(18)7-8-14(11)19/h3-9,18-19H,2H2,1H3. The summed E-state index contributed by atoms with van der Waals surface area (Å²) in [6.45, 7) is 2.77. The number of fused-ring (bicyclic) bond motifs is 1. The maximum Gasteiger partial charge on any atom is 0.145 e. The molecule has 2 N–H and O–H groups in total. The SMILES string of the molecule is CCn1c(-c2cc(O)ccc2O)nc2ccccc21. The summed E-state index contributed by atoms with van der Waals surface area (Å²) in [6, 6.07) is 12.3. The van der Waals surface area contributed by atoms with Crippen LogP contribution in [-0.2, 0) is 6.54 Å². The van der Waals surface area contributed by atoms with Crippen molar-refractivity contribution in [1.29, 1.82) is 0 Å². The molecule has 0 unspecified atom stereocenters. The summed E-state index contributed by atoms with van der Waals surface area (Å²) in [5.74, 6) is 0.891. The van der Waals surface area contributed by atoms with E-state index in [1.807, 2.05) is 35.8 Å². The van der Waals surface area contributed by atoms with E-state index in [1.54, 1.807) is 0 Å². The largest absolute Gasteiger partial charge is 0.508 e. The molecule has 0 aliphatic rings. The van der Waals surface area contributed by atoms with Crippen LogP contribution in [0, 0.1) is 0 Å². The van der Waals surface area contributed by atoms with E-state index in [0.717, 1.165) is 17.6 Å². The molecule has 96 valence electrons. The molecule has 19 heavy (non-hydrogen) atoms. The molecule has 0 saturated carbocycles. The lowest BCUT2D eigenvalue weighted by molar-refractivity contribution is 0.461. The van der Waals surface area contributed by atoms with Crippen LogP contribution in [0.3, 0.4) is 0 Å². The molecule has 0 saturated heterocycles. The van der Waals surface area contributed by atoms with Crippen molar-refractivity contribution in [3.05, 3.63) is 42.5 Å². The highest BCUT2D eigenvalue weighted by molar-refractivity contribution is 5.82. The first-order valence-corrected chi connectivity index (χ1v) is 6.18. The average molecular weight is 254 g/mol. The number of para-hydroxylation sites is 2. The second-order valence-corrected chi connectivity index (χ2v) is 4.37. The molecule has 2 aromatic carbocycles. The summed E-state index contributed by atoms with van der Waals surface area (Å²) in [7, 11) is 0. The van der Waals surface area contributed by atoms with Crippen LogP contribution in [-0.4, -0.2) is 19.8 Å². The lowest BCUT2D eigenvalue weighted by Gasteiger charge is -2.08. The lowest BCUT2D eigenvalue weighted by atomic mass is 10.1. The van der Waals surface area contributed by atoms with Crippen molar-refractivity contribution in [2.45, 2.75) is 13.5 Å². The Morgan fingerprint density at radius 3 is 2.68 bits per heavy atom. The highest BCUT2D eigenvalue weighted by Crippen LogP contribution is 2.33. The zero-order chi connectivity index (χ0) is 13.4. The highest BCUT2D eigenvalue weighted by Gasteiger charge is 2.14. The fourth-order valence-electron chi connectivity index (χ4n) is 2.30. The fourth-order valence-corrected chi connectivity index (χ4v) is 2.30. The quantitative estimate of drug-likeness (QED) is 0.691. The second-order valence-electron chi connectivity index (χ2n) is 4.37. The Bertz CT molecular complexity index is 747. The van der Waals surface area contributed by atoms with Crippen molar-refractivity contribution in [3.63, 3.8) is 0 Å². The maximum atomic E-state index is 9.97. The molecule has 0 aliphatic carbocycles. The molecule has 0 spiro atoms. The van der Waals surface area contributed by atoms with Gasteiger partial charge in [-0.2, -0.15) is 0 Å². The van der Waals surface area contributed by atoms with E-state index >= 15 is 0 Å². The molecule has 1 heterocycles. The fraction of sp³-hybridized carbons (Fsp3) is 0.133. The highest BCUT2D eigenvalue weighted by atomic mass is 16.3. The molecule has 4 heteroatoms. The molecule has 3 rings (SSSR count). The third-order valence-corrected chi connectivity index (χ3v) is 3.19. The summed E-state index contributed by atoms with van der Waals surface area (Å²) in [6.07, 6.45) is 0. The number of hydrogen-bond donors (Lipinski definition) is 2. The van der Waals surface area contributed by atoms with Crippen LogP contribution in [0.1, 0.15) is 6.92 Å². The van der Waals surface area contributed by atoms with Crippen molar-refractivity contribution >= 4 is 11.0 Å². The molecule has 3 aromatic rings. The van der Waals surface area contributed by atoms with E-state index in [1.165, 1.54) is 18.2 Å². The van der Waals surface area contributed by atoms with Crippen LogP contribution < -0.4 is 0 Å². The molecule has 0 aliphatic heterocycles. The van der Waals surface area contributed by atoms with E-state index in [9.17, 15) is 10.2 Å². The number of phenols is 2. The topological polar surface area (TPSA) is 58.3 Å². The predicted octanol–water partition coefficient (Wildman–Crippen LogP) is 3.13. The number of aryl methyl sites for hydroxylation is 1. The third-order valence-electron chi connectivity index (χ3n) is 3.19. The number of phenolic OH excluding ortho intramolecular Hbond substituents is 2. The Balaban J connectivity index is 2.33. The van der Waals surface area contributed by atoms with Crippen LogP contribution in [0.15, 0.2) is 42.5 Å².